The number of fused-ring (bicyclic) bond motifs is 15. The molecular formula is C87H64N2. The Labute approximate surface area is 520 Å². The van der Waals surface area contributed by atoms with E-state index in [0.29, 0.717) is 0 Å². The summed E-state index contributed by atoms with van der Waals surface area (Å²) in [4.78, 5) is 0. The van der Waals surface area contributed by atoms with Crippen LogP contribution in [0.3, 0.4) is 0 Å². The second-order valence-electron chi connectivity index (χ2n) is 26.8. The van der Waals surface area contributed by atoms with Gasteiger partial charge in [0.05, 0.1) is 22.1 Å². The average molecular weight is 1140 g/mol. The van der Waals surface area contributed by atoms with Crippen LogP contribution < -0.4 is 0 Å². The van der Waals surface area contributed by atoms with E-state index in [-0.39, 0.29) is 16.2 Å². The predicted octanol–water partition coefficient (Wildman–Crippen LogP) is 23.1. The molecule has 0 amide bonds. The van der Waals surface area contributed by atoms with Crippen LogP contribution in [0.5, 0.6) is 0 Å². The molecule has 0 spiro atoms. The molecule has 0 unspecified atom stereocenters. The predicted molar refractivity (Wildman–Crippen MR) is 375 cm³/mol. The van der Waals surface area contributed by atoms with Gasteiger partial charge in [-0.1, -0.05) is 230 Å². The maximum absolute atomic E-state index is 2.51. The summed E-state index contributed by atoms with van der Waals surface area (Å²) in [5.41, 5.74) is 35.2. The number of nitrogens with zero attached hydrogens (tertiary/aromatic N) is 2. The highest BCUT2D eigenvalue weighted by atomic mass is 15.0. The van der Waals surface area contributed by atoms with Crippen molar-refractivity contribution >= 4 is 43.6 Å². The van der Waals surface area contributed by atoms with Crippen LogP contribution in [0.15, 0.2) is 279 Å². The Morgan fingerprint density at radius 2 is 0.584 bits per heavy atom. The van der Waals surface area contributed by atoms with Crippen molar-refractivity contribution < 1.29 is 0 Å². The highest BCUT2D eigenvalue weighted by molar-refractivity contribution is 6.14. The molecule has 3 aliphatic carbocycles. The second-order valence-corrected chi connectivity index (χ2v) is 26.8. The Morgan fingerprint density at radius 1 is 0.202 bits per heavy atom. The van der Waals surface area contributed by atoms with Crippen LogP contribution in [-0.2, 0) is 16.2 Å². The minimum atomic E-state index is -0.238. The van der Waals surface area contributed by atoms with Crippen molar-refractivity contribution in [3.63, 3.8) is 0 Å². The summed E-state index contributed by atoms with van der Waals surface area (Å²) in [6.45, 7) is 14.3. The molecule has 15 aromatic rings. The van der Waals surface area contributed by atoms with Gasteiger partial charge in [0.15, 0.2) is 0 Å². The van der Waals surface area contributed by atoms with Crippen molar-refractivity contribution in [1.29, 1.82) is 0 Å². The number of para-hydroxylation sites is 2. The lowest BCUT2D eigenvalue weighted by atomic mass is 9.81. The maximum atomic E-state index is 2.51. The first kappa shape index (κ1) is 51.7. The summed E-state index contributed by atoms with van der Waals surface area (Å²) < 4.78 is 4.96. The fraction of sp³-hybridized carbons (Fsp3) is 0.103. The van der Waals surface area contributed by atoms with Crippen molar-refractivity contribution in [3.8, 4) is 100 Å². The fourth-order valence-electron chi connectivity index (χ4n) is 16.3. The standard InChI is InChI=1S/C87H64N2/c1-85(2)74-29-14-10-24-65(74)69-48-57(38-43-76(69)85)54-34-39-62(40-35-54)89-81-33-17-13-27-68(81)72-50-73-79(52-83(72)89)87(5,6)77-31-19-28-64(84(73)77)58-23-18-22-56(44-58)61-46-59(53-20-8-7-9-21-53)45-60(47-61)55-36-41-63(42-37-55)88-80-32-16-12-26-67(80)71-49-70-66-25-11-15-30-75(66)86(3,4)78(70)51-82(71)88/h7-52H,1-6H3. The molecule has 2 aromatic heterocycles. The van der Waals surface area contributed by atoms with E-state index < -0.39 is 0 Å². The summed E-state index contributed by atoms with van der Waals surface area (Å²) in [5, 5.41) is 5.08. The van der Waals surface area contributed by atoms with Gasteiger partial charge >= 0.3 is 0 Å². The number of hydrogen-bond donors (Lipinski definition) is 0. The largest absolute Gasteiger partial charge is 0.309 e. The molecule has 89 heavy (non-hydrogen) atoms. The van der Waals surface area contributed by atoms with Gasteiger partial charge in [-0.2, -0.15) is 0 Å². The zero-order valence-electron chi connectivity index (χ0n) is 51.0. The van der Waals surface area contributed by atoms with Gasteiger partial charge in [0, 0.05) is 49.2 Å². The normalized spacial score (nSPS) is 14.4. The molecule has 3 aliphatic rings. The van der Waals surface area contributed by atoms with Gasteiger partial charge in [0.1, 0.15) is 0 Å². The first-order chi connectivity index (χ1) is 43.4. The van der Waals surface area contributed by atoms with Gasteiger partial charge in [-0.3, -0.25) is 0 Å². The maximum Gasteiger partial charge on any atom is 0.0544 e. The van der Waals surface area contributed by atoms with Crippen LogP contribution in [-0.4, -0.2) is 9.13 Å². The van der Waals surface area contributed by atoms with E-state index in [2.05, 4.69) is 330 Å². The van der Waals surface area contributed by atoms with Crippen molar-refractivity contribution in [2.24, 2.45) is 0 Å². The van der Waals surface area contributed by atoms with Gasteiger partial charge in [0.25, 0.3) is 0 Å². The number of hydrogen-bond acceptors (Lipinski definition) is 0. The fourth-order valence-corrected chi connectivity index (χ4v) is 16.3. The monoisotopic (exact) mass is 1140 g/mol. The lowest BCUT2D eigenvalue weighted by Gasteiger charge is -2.22. The molecule has 0 bridgehead atoms. The summed E-state index contributed by atoms with van der Waals surface area (Å²) in [6, 6.07) is 106. The average Bonchev–Trinajstić information content (AvgIpc) is 1.88. The molecule has 0 atom stereocenters. The molecule has 0 saturated heterocycles. The van der Waals surface area contributed by atoms with Crippen molar-refractivity contribution in [2.45, 2.75) is 57.8 Å². The van der Waals surface area contributed by atoms with Gasteiger partial charge in [-0.25, -0.2) is 0 Å². The summed E-state index contributed by atoms with van der Waals surface area (Å²) in [7, 11) is 0. The number of aromatic nitrogens is 2. The Balaban J connectivity index is 0.716. The number of rotatable bonds is 7. The van der Waals surface area contributed by atoms with E-state index in [1.807, 2.05) is 0 Å². The highest BCUT2D eigenvalue weighted by Crippen LogP contribution is 2.56. The van der Waals surface area contributed by atoms with E-state index in [9.17, 15) is 0 Å². The molecule has 2 heterocycles. The molecule has 0 fully saturated rings. The summed E-state index contributed by atoms with van der Waals surface area (Å²) in [5.74, 6) is 0. The van der Waals surface area contributed by atoms with E-state index in [0.717, 1.165) is 11.4 Å². The highest BCUT2D eigenvalue weighted by Gasteiger charge is 2.40. The number of benzene rings is 13. The van der Waals surface area contributed by atoms with E-state index >= 15 is 0 Å². The summed E-state index contributed by atoms with van der Waals surface area (Å²) >= 11 is 0. The molecule has 422 valence electrons. The van der Waals surface area contributed by atoms with Crippen molar-refractivity contribution in [2.75, 3.05) is 0 Å². The molecule has 0 N–H and O–H groups in total. The minimum Gasteiger partial charge on any atom is -0.309 e. The molecule has 2 heteroatoms. The van der Waals surface area contributed by atoms with Crippen LogP contribution in [0, 0.1) is 0 Å². The molecule has 0 radical (unpaired) electrons. The van der Waals surface area contributed by atoms with E-state index in [1.54, 1.807) is 0 Å². The van der Waals surface area contributed by atoms with Gasteiger partial charge in [-0.05, 0) is 213 Å². The minimum absolute atomic E-state index is 0.0160. The molecule has 13 aromatic carbocycles. The second kappa shape index (κ2) is 18.7. The molecule has 18 rings (SSSR count). The SMILES string of the molecule is CC1(C)c2ccccc2-c2cc(-c3ccc(-n4c5ccccc5c5cc6c(cc54)C(C)(C)c4cccc(-c5cccc(-c7cc(-c8ccccc8)cc(-c8ccc(-n9c%10ccccc%10c%10cc%11c(cc%109)C(C)(C)c9ccccc9-%11)cc8)c7)c5)c4-6)cc3)ccc21. The Kier molecular flexibility index (Phi) is 10.9. The van der Waals surface area contributed by atoms with Gasteiger partial charge < -0.3 is 9.13 Å². The molecular weight excluding hydrogens is 1070 g/mol. The molecule has 0 saturated carbocycles. The smallest absolute Gasteiger partial charge is 0.0544 e. The van der Waals surface area contributed by atoms with Gasteiger partial charge in [-0.15, -0.1) is 0 Å². The topological polar surface area (TPSA) is 9.86 Å². The van der Waals surface area contributed by atoms with Crippen LogP contribution in [0.2, 0.25) is 0 Å². The van der Waals surface area contributed by atoms with E-state index in [4.69, 9.17) is 0 Å². The quantitative estimate of drug-likeness (QED) is 0.151. The zero-order chi connectivity index (χ0) is 59.7. The molecule has 2 nitrogen and oxygen atoms in total. The van der Waals surface area contributed by atoms with Gasteiger partial charge in [0.2, 0.25) is 0 Å². The third-order valence-corrected chi connectivity index (χ3v) is 20.9. The van der Waals surface area contributed by atoms with Crippen molar-refractivity contribution in [3.05, 3.63) is 312 Å². The zero-order valence-corrected chi connectivity index (χ0v) is 51.0. The van der Waals surface area contributed by atoms with Crippen LogP contribution in [0.4, 0.5) is 0 Å². The van der Waals surface area contributed by atoms with E-state index in [1.165, 1.54) is 166 Å². The molecule has 0 aliphatic heterocycles. The van der Waals surface area contributed by atoms with Crippen molar-refractivity contribution in [1.82, 2.24) is 9.13 Å². The van der Waals surface area contributed by atoms with Crippen LogP contribution in [0.1, 0.15) is 74.9 Å². The third kappa shape index (κ3) is 7.50. The Hall–Kier alpha value is -10.5. The first-order valence-corrected chi connectivity index (χ1v) is 31.5. The lowest BCUT2D eigenvalue weighted by Crippen LogP contribution is -2.15. The third-order valence-electron chi connectivity index (χ3n) is 20.9. The lowest BCUT2D eigenvalue weighted by molar-refractivity contribution is 0.660. The Morgan fingerprint density at radius 3 is 1.20 bits per heavy atom. The first-order valence-electron chi connectivity index (χ1n) is 31.5. The summed E-state index contributed by atoms with van der Waals surface area (Å²) in [6.07, 6.45) is 0. The Bertz CT molecular complexity index is 5490. The van der Waals surface area contributed by atoms with Crippen LogP contribution in [0.25, 0.3) is 144 Å². The van der Waals surface area contributed by atoms with Crippen LogP contribution >= 0.6 is 0 Å².